The number of benzene rings is 2. The van der Waals surface area contributed by atoms with Gasteiger partial charge in [0.05, 0.1) is 29.1 Å². The van der Waals surface area contributed by atoms with Crippen molar-refractivity contribution in [2.24, 2.45) is 5.73 Å². The SMILES string of the molecule is CCOc1ccc2c(Nc3cc(C)ccc3F)c(C(N)=O)cnc2c1N1CCN(C(C)C)CC1. The molecule has 8 heteroatoms. The van der Waals surface area contributed by atoms with Gasteiger partial charge in [-0.25, -0.2) is 4.39 Å². The molecule has 2 aromatic carbocycles. The number of pyridine rings is 1. The number of aromatic nitrogens is 1. The number of nitrogens with zero attached hydrogens (tertiary/aromatic N) is 3. The third-order valence-corrected chi connectivity index (χ3v) is 6.28. The van der Waals surface area contributed by atoms with Crippen molar-refractivity contribution in [2.45, 2.75) is 33.7 Å². The predicted octanol–water partition coefficient (Wildman–Crippen LogP) is 4.45. The van der Waals surface area contributed by atoms with Crippen LogP contribution in [0.3, 0.4) is 0 Å². The minimum atomic E-state index is -0.633. The van der Waals surface area contributed by atoms with Gasteiger partial charge in [-0.2, -0.15) is 0 Å². The molecule has 0 radical (unpaired) electrons. The molecule has 0 spiro atoms. The van der Waals surface area contributed by atoms with Crippen LogP contribution in [0.25, 0.3) is 10.9 Å². The summed E-state index contributed by atoms with van der Waals surface area (Å²) in [5.41, 5.74) is 9.05. The van der Waals surface area contributed by atoms with E-state index in [-0.39, 0.29) is 11.3 Å². The molecule has 4 rings (SSSR count). The number of primary amides is 1. The molecule has 34 heavy (non-hydrogen) atoms. The lowest BCUT2D eigenvalue weighted by molar-refractivity contribution is 0.100. The van der Waals surface area contributed by atoms with E-state index in [2.05, 4.69) is 33.9 Å². The molecule has 1 amide bonds. The number of nitrogens with one attached hydrogen (secondary N) is 1. The lowest BCUT2D eigenvalue weighted by atomic mass is 10.0. The summed E-state index contributed by atoms with van der Waals surface area (Å²) in [6, 6.07) is 9.02. The zero-order chi connectivity index (χ0) is 24.4. The largest absolute Gasteiger partial charge is 0.492 e. The lowest BCUT2D eigenvalue weighted by Crippen LogP contribution is -2.49. The number of halogens is 1. The third kappa shape index (κ3) is 4.63. The number of piperazine rings is 1. The second-order valence-corrected chi connectivity index (χ2v) is 8.88. The van der Waals surface area contributed by atoms with Gasteiger partial charge in [0.25, 0.3) is 5.91 Å². The highest BCUT2D eigenvalue weighted by atomic mass is 19.1. The van der Waals surface area contributed by atoms with Gasteiger partial charge >= 0.3 is 0 Å². The maximum absolute atomic E-state index is 14.6. The minimum Gasteiger partial charge on any atom is -0.492 e. The number of aryl methyl sites for hydroxylation is 1. The summed E-state index contributed by atoms with van der Waals surface area (Å²) >= 11 is 0. The number of nitrogens with two attached hydrogens (primary N) is 1. The number of hydrogen-bond donors (Lipinski definition) is 2. The number of carbonyl (C=O) groups is 1. The maximum atomic E-state index is 14.6. The lowest BCUT2D eigenvalue weighted by Gasteiger charge is -2.38. The van der Waals surface area contributed by atoms with Gasteiger partial charge < -0.3 is 20.7 Å². The van der Waals surface area contributed by atoms with Gasteiger partial charge in [-0.05, 0) is 57.5 Å². The summed E-state index contributed by atoms with van der Waals surface area (Å²) in [6.07, 6.45) is 1.46. The van der Waals surface area contributed by atoms with Crippen molar-refractivity contribution in [1.29, 1.82) is 0 Å². The molecule has 180 valence electrons. The monoisotopic (exact) mass is 465 g/mol. The van der Waals surface area contributed by atoms with Crippen LogP contribution in [-0.4, -0.2) is 54.6 Å². The van der Waals surface area contributed by atoms with E-state index in [0.29, 0.717) is 29.2 Å². The van der Waals surface area contributed by atoms with Crippen LogP contribution in [0.4, 0.5) is 21.5 Å². The van der Waals surface area contributed by atoms with E-state index >= 15 is 0 Å². The number of ether oxygens (including phenoxy) is 1. The summed E-state index contributed by atoms with van der Waals surface area (Å²) < 4.78 is 20.6. The van der Waals surface area contributed by atoms with Crippen LogP contribution in [0.5, 0.6) is 5.75 Å². The third-order valence-electron chi connectivity index (χ3n) is 6.28. The number of hydrogen-bond acceptors (Lipinski definition) is 6. The van der Waals surface area contributed by atoms with E-state index in [9.17, 15) is 9.18 Å². The number of carbonyl (C=O) groups excluding carboxylic acids is 1. The van der Waals surface area contributed by atoms with Crippen molar-refractivity contribution in [3.05, 3.63) is 53.5 Å². The molecule has 1 aromatic heterocycles. The Morgan fingerprint density at radius 2 is 1.94 bits per heavy atom. The van der Waals surface area contributed by atoms with Gasteiger partial charge in [0.2, 0.25) is 0 Å². The molecule has 0 aliphatic carbocycles. The van der Waals surface area contributed by atoms with Gasteiger partial charge in [-0.15, -0.1) is 0 Å². The normalized spacial score (nSPS) is 14.6. The second kappa shape index (κ2) is 9.85. The minimum absolute atomic E-state index is 0.202. The molecule has 0 bridgehead atoms. The van der Waals surface area contributed by atoms with E-state index in [1.165, 1.54) is 12.3 Å². The summed E-state index contributed by atoms with van der Waals surface area (Å²) in [5.74, 6) is -0.312. The average molecular weight is 466 g/mol. The molecule has 3 aromatic rings. The Hall–Kier alpha value is -3.39. The molecule has 1 saturated heterocycles. The molecule has 0 saturated carbocycles. The van der Waals surface area contributed by atoms with E-state index in [1.54, 1.807) is 12.1 Å². The molecule has 0 atom stereocenters. The summed E-state index contributed by atoms with van der Waals surface area (Å²) in [4.78, 5) is 21.6. The predicted molar refractivity (Wildman–Crippen MR) is 135 cm³/mol. The molecule has 3 N–H and O–H groups in total. The van der Waals surface area contributed by atoms with Crippen LogP contribution in [0.1, 0.15) is 36.7 Å². The quantitative estimate of drug-likeness (QED) is 0.536. The Balaban J connectivity index is 1.87. The van der Waals surface area contributed by atoms with Gasteiger partial charge in [0.1, 0.15) is 17.3 Å². The van der Waals surface area contributed by atoms with Crippen LogP contribution in [-0.2, 0) is 0 Å². The van der Waals surface area contributed by atoms with Crippen molar-refractivity contribution in [3.8, 4) is 5.75 Å². The molecule has 1 aliphatic rings. The molecule has 7 nitrogen and oxygen atoms in total. The van der Waals surface area contributed by atoms with Crippen molar-refractivity contribution in [3.63, 3.8) is 0 Å². The first-order chi connectivity index (χ1) is 16.3. The fourth-order valence-corrected chi connectivity index (χ4v) is 4.46. The van der Waals surface area contributed by atoms with Crippen LogP contribution in [0, 0.1) is 12.7 Å². The van der Waals surface area contributed by atoms with Crippen molar-refractivity contribution in [2.75, 3.05) is 43.0 Å². The number of anilines is 3. The van der Waals surface area contributed by atoms with Gasteiger partial charge in [0, 0.05) is 43.8 Å². The van der Waals surface area contributed by atoms with E-state index in [1.807, 2.05) is 26.0 Å². The molecular formula is C26H32FN5O2. The fraction of sp³-hybridized carbons (Fsp3) is 0.385. The summed E-state index contributed by atoms with van der Waals surface area (Å²) in [5, 5.41) is 3.81. The molecule has 1 aliphatic heterocycles. The fourth-order valence-electron chi connectivity index (χ4n) is 4.46. The van der Waals surface area contributed by atoms with Crippen molar-refractivity contribution in [1.82, 2.24) is 9.88 Å². The first-order valence-electron chi connectivity index (χ1n) is 11.7. The zero-order valence-electron chi connectivity index (χ0n) is 20.2. The standard InChI is InChI=1S/C26H32FN5O2/c1-5-34-22-9-7-18-23(30-21-14-17(4)6-8-20(21)27)19(26(28)33)15-29-24(18)25(22)32-12-10-31(11-13-32)16(2)3/h6-9,14-16H,5,10-13H2,1-4H3,(H2,28,33)(H,29,30). The van der Waals surface area contributed by atoms with Crippen LogP contribution < -0.4 is 20.7 Å². The van der Waals surface area contributed by atoms with Gasteiger partial charge in [-0.1, -0.05) is 6.07 Å². The number of fused-ring (bicyclic) bond motifs is 1. The van der Waals surface area contributed by atoms with E-state index < -0.39 is 11.7 Å². The van der Waals surface area contributed by atoms with E-state index in [0.717, 1.165) is 43.2 Å². The summed E-state index contributed by atoms with van der Waals surface area (Å²) in [6.45, 7) is 12.3. The highest BCUT2D eigenvalue weighted by Crippen LogP contribution is 2.40. The highest BCUT2D eigenvalue weighted by molar-refractivity contribution is 6.10. The Morgan fingerprint density at radius 3 is 2.59 bits per heavy atom. The number of amides is 1. The zero-order valence-corrected chi connectivity index (χ0v) is 20.2. The first-order valence-corrected chi connectivity index (χ1v) is 11.7. The maximum Gasteiger partial charge on any atom is 0.252 e. The van der Waals surface area contributed by atoms with Crippen LogP contribution >= 0.6 is 0 Å². The summed E-state index contributed by atoms with van der Waals surface area (Å²) in [7, 11) is 0. The van der Waals surface area contributed by atoms with Crippen molar-refractivity contribution >= 4 is 33.9 Å². The van der Waals surface area contributed by atoms with Crippen LogP contribution in [0.15, 0.2) is 36.5 Å². The van der Waals surface area contributed by atoms with Gasteiger partial charge in [0.15, 0.2) is 0 Å². The second-order valence-electron chi connectivity index (χ2n) is 8.88. The smallest absolute Gasteiger partial charge is 0.252 e. The first kappa shape index (κ1) is 23.8. The Labute approximate surface area is 199 Å². The average Bonchev–Trinajstić information content (AvgIpc) is 2.81. The topological polar surface area (TPSA) is 83.7 Å². The Bertz CT molecular complexity index is 1210. The van der Waals surface area contributed by atoms with Crippen molar-refractivity contribution < 1.29 is 13.9 Å². The Kier molecular flexibility index (Phi) is 6.88. The van der Waals surface area contributed by atoms with E-state index in [4.69, 9.17) is 10.5 Å². The molecule has 1 fully saturated rings. The number of rotatable bonds is 7. The van der Waals surface area contributed by atoms with Crippen LogP contribution in [0.2, 0.25) is 0 Å². The molecular weight excluding hydrogens is 433 g/mol. The molecule has 2 heterocycles. The highest BCUT2D eigenvalue weighted by Gasteiger charge is 2.26. The Morgan fingerprint density at radius 1 is 1.21 bits per heavy atom. The van der Waals surface area contributed by atoms with Gasteiger partial charge in [-0.3, -0.25) is 14.7 Å². The molecule has 0 unspecified atom stereocenters.